The number of hydrogen-bond acceptors (Lipinski definition) is 7. The van der Waals surface area contributed by atoms with Gasteiger partial charge in [-0.25, -0.2) is 4.98 Å². The van der Waals surface area contributed by atoms with Crippen LogP contribution in [0.15, 0.2) is 65.1 Å². The van der Waals surface area contributed by atoms with Gasteiger partial charge in [0.1, 0.15) is 5.75 Å². The van der Waals surface area contributed by atoms with Crippen molar-refractivity contribution in [3.05, 3.63) is 71.4 Å². The van der Waals surface area contributed by atoms with Crippen LogP contribution in [0.25, 0.3) is 11.3 Å². The summed E-state index contributed by atoms with van der Waals surface area (Å²) in [6, 6.07) is 17.8. The molecule has 33 heavy (non-hydrogen) atoms. The molecule has 1 atom stereocenters. The number of anilines is 1. The lowest BCUT2D eigenvalue weighted by molar-refractivity contribution is -0.113. The van der Waals surface area contributed by atoms with E-state index < -0.39 is 0 Å². The fraction of sp³-hybridized carbons (Fsp3) is 0.250. The SMILES string of the molecule is CCn1c(SCC(=O)Nc2nc(-c3ccccc3)cs2)nnc1C(C)Oc1ccccc1C. The molecule has 170 valence electrons. The molecule has 0 saturated carbocycles. The molecule has 0 radical (unpaired) electrons. The van der Waals surface area contributed by atoms with E-state index >= 15 is 0 Å². The molecule has 2 aromatic carbocycles. The third-order valence-electron chi connectivity index (χ3n) is 4.98. The Morgan fingerprint density at radius 2 is 1.91 bits per heavy atom. The van der Waals surface area contributed by atoms with Gasteiger partial charge in [0.05, 0.1) is 11.4 Å². The van der Waals surface area contributed by atoms with Crippen LogP contribution in [-0.4, -0.2) is 31.4 Å². The Kier molecular flexibility index (Phi) is 7.41. The Balaban J connectivity index is 1.36. The number of carbonyl (C=O) groups is 1. The number of aryl methyl sites for hydroxylation is 1. The van der Waals surface area contributed by atoms with Crippen LogP contribution in [0.2, 0.25) is 0 Å². The number of thioether (sulfide) groups is 1. The minimum absolute atomic E-state index is 0.134. The monoisotopic (exact) mass is 479 g/mol. The maximum atomic E-state index is 12.5. The number of rotatable bonds is 9. The normalized spacial score (nSPS) is 11.8. The second-order valence-corrected chi connectivity index (χ2v) is 9.15. The van der Waals surface area contributed by atoms with Crippen LogP contribution >= 0.6 is 23.1 Å². The molecule has 7 nitrogen and oxygen atoms in total. The Hall–Kier alpha value is -3.17. The van der Waals surface area contributed by atoms with Gasteiger partial charge in [-0.15, -0.1) is 21.5 Å². The summed E-state index contributed by atoms with van der Waals surface area (Å²) in [5.74, 6) is 1.63. The minimum atomic E-state index is -0.270. The van der Waals surface area contributed by atoms with Crippen molar-refractivity contribution in [2.24, 2.45) is 0 Å². The highest BCUT2D eigenvalue weighted by Crippen LogP contribution is 2.27. The Bertz CT molecular complexity index is 1220. The van der Waals surface area contributed by atoms with E-state index in [-0.39, 0.29) is 17.8 Å². The molecule has 1 unspecified atom stereocenters. The molecular weight excluding hydrogens is 454 g/mol. The molecule has 0 saturated heterocycles. The van der Waals surface area contributed by atoms with Crippen LogP contribution in [0.3, 0.4) is 0 Å². The van der Waals surface area contributed by atoms with Crippen molar-refractivity contribution >= 4 is 34.1 Å². The molecule has 4 aromatic rings. The highest BCUT2D eigenvalue weighted by Gasteiger charge is 2.20. The molecule has 4 rings (SSSR count). The summed E-state index contributed by atoms with van der Waals surface area (Å²) in [7, 11) is 0. The van der Waals surface area contributed by atoms with E-state index in [1.54, 1.807) is 0 Å². The summed E-state index contributed by atoms with van der Waals surface area (Å²) >= 11 is 2.76. The summed E-state index contributed by atoms with van der Waals surface area (Å²) in [4.78, 5) is 17.0. The summed E-state index contributed by atoms with van der Waals surface area (Å²) < 4.78 is 8.10. The Morgan fingerprint density at radius 1 is 1.15 bits per heavy atom. The smallest absolute Gasteiger partial charge is 0.236 e. The fourth-order valence-corrected chi connectivity index (χ4v) is 4.84. The molecule has 2 aromatic heterocycles. The number of hydrogen-bond donors (Lipinski definition) is 1. The summed E-state index contributed by atoms with van der Waals surface area (Å²) in [6.07, 6.45) is -0.270. The van der Waals surface area contributed by atoms with Gasteiger partial charge in [-0.2, -0.15) is 0 Å². The lowest BCUT2D eigenvalue weighted by Gasteiger charge is -2.16. The van der Waals surface area contributed by atoms with Crippen LogP contribution < -0.4 is 10.1 Å². The zero-order valence-electron chi connectivity index (χ0n) is 18.7. The van der Waals surface area contributed by atoms with Crippen molar-refractivity contribution < 1.29 is 9.53 Å². The molecule has 0 aliphatic heterocycles. The Labute approximate surface area is 201 Å². The molecule has 1 amide bonds. The van der Waals surface area contributed by atoms with E-state index in [2.05, 4.69) is 20.5 Å². The van der Waals surface area contributed by atoms with Crippen molar-refractivity contribution in [2.75, 3.05) is 11.1 Å². The van der Waals surface area contributed by atoms with Gasteiger partial charge in [-0.05, 0) is 32.4 Å². The Morgan fingerprint density at radius 3 is 2.67 bits per heavy atom. The van der Waals surface area contributed by atoms with Gasteiger partial charge in [0.25, 0.3) is 0 Å². The molecule has 0 aliphatic carbocycles. The number of benzene rings is 2. The number of thiazole rings is 1. The maximum absolute atomic E-state index is 12.5. The minimum Gasteiger partial charge on any atom is -0.482 e. The van der Waals surface area contributed by atoms with Gasteiger partial charge < -0.3 is 14.6 Å². The van der Waals surface area contributed by atoms with Crippen molar-refractivity contribution in [2.45, 2.75) is 38.6 Å². The first-order valence-corrected chi connectivity index (χ1v) is 12.5. The number of nitrogens with one attached hydrogen (secondary N) is 1. The van der Waals surface area contributed by atoms with Gasteiger partial charge in [0.15, 0.2) is 22.2 Å². The van der Waals surface area contributed by atoms with E-state index in [4.69, 9.17) is 4.74 Å². The molecule has 2 heterocycles. The first-order chi connectivity index (χ1) is 16.0. The molecule has 1 N–H and O–H groups in total. The number of nitrogens with zero attached hydrogens (tertiary/aromatic N) is 4. The van der Waals surface area contributed by atoms with Crippen LogP contribution in [-0.2, 0) is 11.3 Å². The first kappa shape index (κ1) is 23.0. The lowest BCUT2D eigenvalue weighted by atomic mass is 10.2. The summed E-state index contributed by atoms with van der Waals surface area (Å²) in [5, 5.41) is 14.7. The molecule has 9 heteroatoms. The zero-order chi connectivity index (χ0) is 23.2. The van der Waals surface area contributed by atoms with Gasteiger partial charge in [-0.1, -0.05) is 60.3 Å². The molecular formula is C24H25N5O2S2. The van der Waals surface area contributed by atoms with Crippen LogP contribution in [0.5, 0.6) is 5.75 Å². The van der Waals surface area contributed by atoms with Crippen molar-refractivity contribution in [3.63, 3.8) is 0 Å². The van der Waals surface area contributed by atoms with E-state index in [0.717, 1.165) is 28.4 Å². The predicted molar refractivity (Wildman–Crippen MR) is 133 cm³/mol. The van der Waals surface area contributed by atoms with Gasteiger partial charge in [-0.3, -0.25) is 4.79 Å². The first-order valence-electron chi connectivity index (χ1n) is 10.6. The van der Waals surface area contributed by atoms with Crippen molar-refractivity contribution in [3.8, 4) is 17.0 Å². The molecule has 0 bridgehead atoms. The van der Waals surface area contributed by atoms with Crippen molar-refractivity contribution in [1.82, 2.24) is 19.7 Å². The molecule has 0 fully saturated rings. The van der Waals surface area contributed by atoms with Crippen LogP contribution in [0.1, 0.15) is 31.3 Å². The molecule has 0 aliphatic rings. The standard InChI is InChI=1S/C24H25N5O2S2/c1-4-29-22(17(3)31-20-13-9-8-10-16(20)2)27-28-24(29)33-15-21(30)26-23-25-19(14-32-23)18-11-6-5-7-12-18/h5-14,17H,4,15H2,1-3H3,(H,25,26,30). The maximum Gasteiger partial charge on any atom is 0.236 e. The van der Waals surface area contributed by atoms with Crippen molar-refractivity contribution in [1.29, 1.82) is 0 Å². The second-order valence-electron chi connectivity index (χ2n) is 7.35. The lowest BCUT2D eigenvalue weighted by Crippen LogP contribution is -2.15. The largest absolute Gasteiger partial charge is 0.482 e. The van der Waals surface area contributed by atoms with Crippen LogP contribution in [0, 0.1) is 6.92 Å². The zero-order valence-corrected chi connectivity index (χ0v) is 20.3. The predicted octanol–water partition coefficient (Wildman–Crippen LogP) is 5.60. The average Bonchev–Trinajstić information content (AvgIpc) is 3.46. The van der Waals surface area contributed by atoms with Gasteiger partial charge in [0.2, 0.25) is 5.91 Å². The third kappa shape index (κ3) is 5.61. The second kappa shape index (κ2) is 10.6. The van der Waals surface area contributed by atoms with Gasteiger partial charge >= 0.3 is 0 Å². The van der Waals surface area contributed by atoms with E-state index in [9.17, 15) is 4.79 Å². The number of ether oxygens (including phenoxy) is 1. The number of carbonyl (C=O) groups excluding carboxylic acids is 1. The van der Waals surface area contributed by atoms with E-state index in [0.29, 0.717) is 16.8 Å². The third-order valence-corrected chi connectivity index (χ3v) is 6.70. The van der Waals surface area contributed by atoms with E-state index in [1.165, 1.54) is 23.1 Å². The van der Waals surface area contributed by atoms with Gasteiger partial charge in [0, 0.05) is 17.5 Å². The summed E-state index contributed by atoms with van der Waals surface area (Å²) in [5.41, 5.74) is 2.94. The average molecular weight is 480 g/mol. The van der Waals surface area contributed by atoms with E-state index in [1.807, 2.05) is 85.3 Å². The highest BCUT2D eigenvalue weighted by atomic mass is 32.2. The summed E-state index contributed by atoms with van der Waals surface area (Å²) in [6.45, 7) is 6.67. The number of amides is 1. The molecule has 0 spiro atoms. The quantitative estimate of drug-likeness (QED) is 0.315. The fourth-order valence-electron chi connectivity index (χ4n) is 3.29. The topological polar surface area (TPSA) is 81.9 Å². The highest BCUT2D eigenvalue weighted by molar-refractivity contribution is 7.99. The number of para-hydroxylation sites is 1. The number of aromatic nitrogens is 4. The van der Waals surface area contributed by atoms with Crippen LogP contribution in [0.4, 0.5) is 5.13 Å².